The van der Waals surface area contributed by atoms with Gasteiger partial charge in [-0.25, -0.2) is 4.79 Å². The first-order chi connectivity index (χ1) is 15.0. The average molecular weight is 481 g/mol. The SMILES string of the molecule is CC(C)CC(CP(=O)(O)CNC(=O)c1ccccc1)C(=O)N(c1ccsc1)[C@@H](C)C(=O)O. The van der Waals surface area contributed by atoms with E-state index in [2.05, 4.69) is 5.32 Å². The van der Waals surface area contributed by atoms with Crippen molar-refractivity contribution in [3.63, 3.8) is 0 Å². The number of carboxylic acids is 1. The normalized spacial score (nSPS) is 14.9. The maximum atomic E-state index is 13.4. The van der Waals surface area contributed by atoms with Crippen LogP contribution in [0.1, 0.15) is 37.6 Å². The van der Waals surface area contributed by atoms with Crippen molar-refractivity contribution in [2.45, 2.75) is 33.2 Å². The van der Waals surface area contributed by atoms with E-state index in [1.165, 1.54) is 23.2 Å². The average Bonchev–Trinajstić information content (AvgIpc) is 3.26. The van der Waals surface area contributed by atoms with E-state index in [0.717, 1.165) is 0 Å². The van der Waals surface area contributed by atoms with Gasteiger partial charge in [0.2, 0.25) is 13.3 Å². The summed E-state index contributed by atoms with van der Waals surface area (Å²) < 4.78 is 12.9. The number of aliphatic carboxylic acids is 1. The summed E-state index contributed by atoms with van der Waals surface area (Å²) in [5, 5.41) is 15.4. The van der Waals surface area contributed by atoms with Gasteiger partial charge in [-0.1, -0.05) is 32.0 Å². The molecule has 0 aliphatic carbocycles. The van der Waals surface area contributed by atoms with E-state index >= 15 is 0 Å². The molecular weight excluding hydrogens is 451 g/mol. The molecule has 2 rings (SSSR count). The first-order valence-corrected chi connectivity index (χ1v) is 13.2. The summed E-state index contributed by atoms with van der Waals surface area (Å²) in [5.41, 5.74) is 0.801. The zero-order valence-electron chi connectivity index (χ0n) is 18.3. The lowest BCUT2D eigenvalue weighted by molar-refractivity contribution is -0.140. The number of hydrogen-bond donors (Lipinski definition) is 3. The van der Waals surface area contributed by atoms with Crippen LogP contribution in [0.2, 0.25) is 0 Å². The van der Waals surface area contributed by atoms with Crippen molar-refractivity contribution in [2.24, 2.45) is 11.8 Å². The summed E-state index contributed by atoms with van der Waals surface area (Å²) in [4.78, 5) is 49.0. The van der Waals surface area contributed by atoms with Gasteiger partial charge in [-0.05, 0) is 42.8 Å². The third-order valence-electron chi connectivity index (χ3n) is 4.90. The topological polar surface area (TPSA) is 124 Å². The Kier molecular flexibility index (Phi) is 9.19. The predicted octanol–water partition coefficient (Wildman–Crippen LogP) is 3.87. The van der Waals surface area contributed by atoms with Gasteiger partial charge in [0.15, 0.2) is 0 Å². The summed E-state index contributed by atoms with van der Waals surface area (Å²) in [5.74, 6) is -3.01. The highest BCUT2D eigenvalue weighted by atomic mass is 32.1. The minimum absolute atomic E-state index is 0.0346. The second-order valence-electron chi connectivity index (χ2n) is 8.09. The van der Waals surface area contributed by atoms with Crippen LogP contribution in [-0.2, 0) is 14.2 Å². The smallest absolute Gasteiger partial charge is 0.326 e. The Labute approximate surface area is 191 Å². The van der Waals surface area contributed by atoms with E-state index in [4.69, 9.17) is 0 Å². The monoisotopic (exact) mass is 480 g/mol. The standard InChI is InChI=1S/C22H29N2O6PS/c1-15(2)11-18(21(26)24(16(3)22(27)28)19-9-10-32-13-19)12-31(29,30)14-23-20(25)17-7-5-4-6-8-17/h4-10,13,15-16,18H,11-12,14H2,1-3H3,(H,23,25)(H,27,28)(H,29,30)/t16-,18?/m0/s1. The van der Waals surface area contributed by atoms with Gasteiger partial charge in [-0.2, -0.15) is 11.3 Å². The van der Waals surface area contributed by atoms with Gasteiger partial charge in [0.25, 0.3) is 5.91 Å². The van der Waals surface area contributed by atoms with Gasteiger partial charge in [0, 0.05) is 23.0 Å². The second-order valence-corrected chi connectivity index (χ2v) is 11.2. The summed E-state index contributed by atoms with van der Waals surface area (Å²) in [7, 11) is -3.93. The van der Waals surface area contributed by atoms with Gasteiger partial charge in [-0.3, -0.25) is 19.1 Å². The van der Waals surface area contributed by atoms with Gasteiger partial charge in [-0.15, -0.1) is 0 Å². The lowest BCUT2D eigenvalue weighted by atomic mass is 9.96. The first-order valence-electron chi connectivity index (χ1n) is 10.2. The lowest BCUT2D eigenvalue weighted by Crippen LogP contribution is -2.47. The van der Waals surface area contributed by atoms with Gasteiger partial charge < -0.3 is 15.3 Å². The van der Waals surface area contributed by atoms with Crippen LogP contribution in [0.25, 0.3) is 0 Å². The highest BCUT2D eigenvalue weighted by Crippen LogP contribution is 2.43. The van der Waals surface area contributed by atoms with Crippen molar-refractivity contribution >= 4 is 42.2 Å². The van der Waals surface area contributed by atoms with E-state index in [-0.39, 0.29) is 12.1 Å². The van der Waals surface area contributed by atoms with Crippen molar-refractivity contribution in [1.29, 1.82) is 0 Å². The van der Waals surface area contributed by atoms with E-state index in [0.29, 0.717) is 17.7 Å². The number of thiophene rings is 1. The maximum absolute atomic E-state index is 13.4. The van der Waals surface area contributed by atoms with Crippen molar-refractivity contribution in [3.05, 3.63) is 52.7 Å². The van der Waals surface area contributed by atoms with Gasteiger partial charge in [0.1, 0.15) is 6.04 Å². The molecule has 1 aromatic carbocycles. The number of carbonyl (C=O) groups excluding carboxylic acids is 2. The molecular formula is C22H29N2O6PS. The molecule has 1 heterocycles. The fourth-order valence-electron chi connectivity index (χ4n) is 3.36. The van der Waals surface area contributed by atoms with Crippen LogP contribution in [0.15, 0.2) is 47.2 Å². The van der Waals surface area contributed by atoms with Crippen molar-refractivity contribution in [2.75, 3.05) is 17.3 Å². The minimum atomic E-state index is -3.93. The minimum Gasteiger partial charge on any atom is -0.480 e. The molecule has 8 nitrogen and oxygen atoms in total. The van der Waals surface area contributed by atoms with E-state index in [1.807, 2.05) is 13.8 Å². The number of anilines is 1. The highest BCUT2D eigenvalue weighted by molar-refractivity contribution is 7.58. The third kappa shape index (κ3) is 7.29. The Morgan fingerprint density at radius 2 is 1.78 bits per heavy atom. The van der Waals surface area contributed by atoms with E-state index < -0.39 is 43.4 Å². The summed E-state index contributed by atoms with van der Waals surface area (Å²) in [6, 6.07) is 8.83. The number of nitrogens with zero attached hydrogens (tertiary/aromatic N) is 1. The van der Waals surface area contributed by atoms with Crippen molar-refractivity contribution in [1.82, 2.24) is 5.32 Å². The van der Waals surface area contributed by atoms with Crippen LogP contribution in [0.3, 0.4) is 0 Å². The molecule has 0 fully saturated rings. The number of benzene rings is 1. The molecule has 3 atom stereocenters. The third-order valence-corrected chi connectivity index (χ3v) is 7.23. The summed E-state index contributed by atoms with van der Waals surface area (Å²) in [6.07, 6.45) is -0.523. The molecule has 3 N–H and O–H groups in total. The molecule has 0 radical (unpaired) electrons. The molecule has 0 aliphatic heterocycles. The predicted molar refractivity (Wildman–Crippen MR) is 125 cm³/mol. The van der Waals surface area contributed by atoms with Crippen LogP contribution < -0.4 is 10.2 Å². The fourth-order valence-corrected chi connectivity index (χ4v) is 5.50. The lowest BCUT2D eigenvalue weighted by Gasteiger charge is -2.31. The quantitative estimate of drug-likeness (QED) is 0.420. The molecule has 0 saturated carbocycles. The number of rotatable bonds is 11. The Morgan fingerprint density at radius 1 is 1.12 bits per heavy atom. The molecule has 32 heavy (non-hydrogen) atoms. The Bertz CT molecular complexity index is 964. The molecule has 0 saturated heterocycles. The zero-order chi connectivity index (χ0) is 23.9. The molecule has 2 amide bonds. The fraction of sp³-hybridized carbons (Fsp3) is 0.409. The molecule has 1 aromatic heterocycles. The molecule has 0 aliphatic rings. The van der Waals surface area contributed by atoms with Gasteiger partial charge >= 0.3 is 5.97 Å². The van der Waals surface area contributed by atoms with Crippen LogP contribution in [0.4, 0.5) is 5.69 Å². The first kappa shape index (κ1) is 25.8. The second kappa shape index (κ2) is 11.4. The van der Waals surface area contributed by atoms with Crippen LogP contribution >= 0.6 is 18.7 Å². The van der Waals surface area contributed by atoms with Gasteiger partial charge in [0.05, 0.1) is 12.0 Å². The Morgan fingerprint density at radius 3 is 2.31 bits per heavy atom. The Hall–Kier alpha value is -2.48. The Balaban J connectivity index is 2.20. The molecule has 2 aromatic rings. The van der Waals surface area contributed by atoms with Crippen LogP contribution in [0.5, 0.6) is 0 Å². The number of carbonyl (C=O) groups is 3. The number of carboxylic acid groups (broad SMARTS) is 1. The number of amides is 2. The summed E-state index contributed by atoms with van der Waals surface area (Å²) >= 11 is 1.32. The summed E-state index contributed by atoms with van der Waals surface area (Å²) in [6.45, 7) is 5.17. The molecule has 174 valence electrons. The van der Waals surface area contributed by atoms with Crippen molar-refractivity contribution < 1.29 is 28.9 Å². The van der Waals surface area contributed by atoms with Crippen molar-refractivity contribution in [3.8, 4) is 0 Å². The largest absolute Gasteiger partial charge is 0.480 e. The van der Waals surface area contributed by atoms with Crippen LogP contribution in [0, 0.1) is 11.8 Å². The molecule has 2 unspecified atom stereocenters. The highest BCUT2D eigenvalue weighted by Gasteiger charge is 2.36. The number of hydrogen-bond acceptors (Lipinski definition) is 5. The zero-order valence-corrected chi connectivity index (χ0v) is 20.0. The molecule has 0 bridgehead atoms. The van der Waals surface area contributed by atoms with E-state index in [1.54, 1.807) is 47.2 Å². The number of nitrogens with one attached hydrogen (secondary N) is 1. The molecule has 0 spiro atoms. The molecule has 10 heteroatoms. The van der Waals surface area contributed by atoms with E-state index in [9.17, 15) is 28.9 Å². The van der Waals surface area contributed by atoms with Crippen LogP contribution in [-0.4, -0.2) is 46.3 Å². The maximum Gasteiger partial charge on any atom is 0.326 e.